The Morgan fingerprint density at radius 3 is 2.91 bits per heavy atom. The van der Waals surface area contributed by atoms with E-state index in [-0.39, 0.29) is 23.9 Å². The normalized spacial score (nSPS) is 21.7. The van der Waals surface area contributed by atoms with Crippen LogP contribution in [-0.4, -0.2) is 21.7 Å². The maximum absolute atomic E-state index is 12.3. The number of hydrogen-bond acceptors (Lipinski definition) is 3. The van der Waals surface area contributed by atoms with Crippen molar-refractivity contribution < 1.29 is 4.79 Å². The molecule has 0 unspecified atom stereocenters. The Balaban J connectivity index is 1.77. The summed E-state index contributed by atoms with van der Waals surface area (Å²) in [6, 6.07) is 7.50. The average Bonchev–Trinajstić information content (AvgIpc) is 2.53. The van der Waals surface area contributed by atoms with Crippen LogP contribution in [0.25, 0.3) is 10.9 Å². The highest BCUT2D eigenvalue weighted by atomic mass is 16.2. The second-order valence-corrected chi connectivity index (χ2v) is 6.12. The van der Waals surface area contributed by atoms with E-state index in [9.17, 15) is 9.59 Å². The summed E-state index contributed by atoms with van der Waals surface area (Å²) in [7, 11) is 0. The molecular weight excluding hydrogens is 278 g/mol. The minimum absolute atomic E-state index is 0.0416. The third kappa shape index (κ3) is 3.03. The van der Waals surface area contributed by atoms with Crippen LogP contribution in [-0.2, 0) is 11.3 Å². The molecule has 1 fully saturated rings. The molecule has 0 radical (unpaired) electrons. The first-order valence-corrected chi connectivity index (χ1v) is 7.89. The third-order valence-corrected chi connectivity index (χ3v) is 4.51. The van der Waals surface area contributed by atoms with E-state index in [1.54, 1.807) is 10.7 Å². The fourth-order valence-electron chi connectivity index (χ4n) is 3.21. The zero-order valence-electron chi connectivity index (χ0n) is 12.8. The van der Waals surface area contributed by atoms with Crippen LogP contribution in [0.4, 0.5) is 0 Å². The maximum atomic E-state index is 12.3. The average molecular weight is 299 g/mol. The molecule has 0 bridgehead atoms. The summed E-state index contributed by atoms with van der Waals surface area (Å²) in [6.45, 7) is 2.33. The molecule has 1 amide bonds. The lowest BCUT2D eigenvalue weighted by Gasteiger charge is -2.29. The van der Waals surface area contributed by atoms with Crippen molar-refractivity contribution in [3.8, 4) is 0 Å². The highest BCUT2D eigenvalue weighted by Crippen LogP contribution is 2.23. The van der Waals surface area contributed by atoms with Crippen LogP contribution in [0.15, 0.2) is 35.3 Å². The molecule has 22 heavy (non-hydrogen) atoms. The van der Waals surface area contributed by atoms with E-state index in [0.29, 0.717) is 16.8 Å². The van der Waals surface area contributed by atoms with E-state index in [0.717, 1.165) is 6.42 Å². The second kappa shape index (κ2) is 6.30. The van der Waals surface area contributed by atoms with Crippen LogP contribution in [0.2, 0.25) is 0 Å². The number of para-hydroxylation sites is 1. The van der Waals surface area contributed by atoms with Gasteiger partial charge in [-0.15, -0.1) is 0 Å². The van der Waals surface area contributed by atoms with Gasteiger partial charge in [0.15, 0.2) is 0 Å². The SMILES string of the molecule is C[C@H]1CCCC[C@H]1NC(=O)Cn1ncc(=O)c2ccccc21. The van der Waals surface area contributed by atoms with E-state index in [2.05, 4.69) is 17.3 Å². The van der Waals surface area contributed by atoms with Gasteiger partial charge in [-0.3, -0.25) is 14.3 Å². The van der Waals surface area contributed by atoms with Crippen LogP contribution < -0.4 is 10.7 Å². The van der Waals surface area contributed by atoms with Gasteiger partial charge in [-0.25, -0.2) is 0 Å². The number of aromatic nitrogens is 2. The van der Waals surface area contributed by atoms with Crippen LogP contribution in [0, 0.1) is 5.92 Å². The van der Waals surface area contributed by atoms with Gasteiger partial charge in [0.1, 0.15) is 6.54 Å². The summed E-state index contributed by atoms with van der Waals surface area (Å²) in [5.74, 6) is 0.483. The lowest BCUT2D eigenvalue weighted by Crippen LogP contribution is -2.42. The van der Waals surface area contributed by atoms with Crippen molar-refractivity contribution in [2.24, 2.45) is 5.92 Å². The van der Waals surface area contributed by atoms with Crippen LogP contribution in [0.1, 0.15) is 32.6 Å². The number of nitrogens with one attached hydrogen (secondary N) is 1. The summed E-state index contributed by atoms with van der Waals surface area (Å²) >= 11 is 0. The molecule has 1 aromatic carbocycles. The number of nitrogens with zero attached hydrogens (tertiary/aromatic N) is 2. The van der Waals surface area contributed by atoms with Gasteiger partial charge in [0.05, 0.1) is 11.7 Å². The first-order valence-electron chi connectivity index (χ1n) is 7.89. The van der Waals surface area contributed by atoms with Crippen molar-refractivity contribution in [2.75, 3.05) is 0 Å². The number of carbonyl (C=O) groups is 1. The van der Waals surface area contributed by atoms with Crippen molar-refractivity contribution in [1.82, 2.24) is 15.1 Å². The quantitative estimate of drug-likeness (QED) is 0.944. The van der Waals surface area contributed by atoms with E-state index in [1.807, 2.05) is 18.2 Å². The van der Waals surface area contributed by atoms with Crippen LogP contribution in [0.5, 0.6) is 0 Å². The molecule has 1 saturated carbocycles. The van der Waals surface area contributed by atoms with E-state index >= 15 is 0 Å². The first kappa shape index (κ1) is 14.8. The van der Waals surface area contributed by atoms with Gasteiger partial charge in [0.25, 0.3) is 0 Å². The lowest BCUT2D eigenvalue weighted by molar-refractivity contribution is -0.123. The monoisotopic (exact) mass is 299 g/mol. The van der Waals surface area contributed by atoms with E-state index in [1.165, 1.54) is 25.5 Å². The van der Waals surface area contributed by atoms with Gasteiger partial charge >= 0.3 is 0 Å². The van der Waals surface area contributed by atoms with Crippen molar-refractivity contribution in [1.29, 1.82) is 0 Å². The molecule has 1 N–H and O–H groups in total. The fourth-order valence-corrected chi connectivity index (χ4v) is 3.21. The zero-order valence-corrected chi connectivity index (χ0v) is 12.8. The Morgan fingerprint density at radius 1 is 1.32 bits per heavy atom. The molecule has 3 rings (SSSR count). The van der Waals surface area contributed by atoms with Crippen LogP contribution >= 0.6 is 0 Å². The topological polar surface area (TPSA) is 64.0 Å². The number of hydrogen-bond donors (Lipinski definition) is 1. The smallest absolute Gasteiger partial charge is 0.241 e. The number of benzene rings is 1. The largest absolute Gasteiger partial charge is 0.351 e. The van der Waals surface area contributed by atoms with Gasteiger partial charge in [-0.1, -0.05) is 31.9 Å². The molecular formula is C17H21N3O2. The predicted molar refractivity (Wildman–Crippen MR) is 85.6 cm³/mol. The summed E-state index contributed by atoms with van der Waals surface area (Å²) in [4.78, 5) is 24.1. The van der Waals surface area contributed by atoms with Crippen LogP contribution in [0.3, 0.4) is 0 Å². The van der Waals surface area contributed by atoms with Crippen molar-refractivity contribution in [3.05, 3.63) is 40.7 Å². The Morgan fingerprint density at radius 2 is 2.09 bits per heavy atom. The van der Waals surface area contributed by atoms with Gasteiger partial charge in [-0.05, 0) is 30.9 Å². The maximum Gasteiger partial charge on any atom is 0.241 e. The lowest BCUT2D eigenvalue weighted by atomic mass is 9.86. The molecule has 0 spiro atoms. The Bertz CT molecular complexity index is 738. The molecule has 2 atom stereocenters. The Kier molecular flexibility index (Phi) is 4.22. The molecule has 116 valence electrons. The predicted octanol–water partition coefficient (Wildman–Crippen LogP) is 2.09. The minimum Gasteiger partial charge on any atom is -0.351 e. The third-order valence-electron chi connectivity index (χ3n) is 4.51. The van der Waals surface area contributed by atoms with Gasteiger partial charge in [-0.2, -0.15) is 5.10 Å². The first-order chi connectivity index (χ1) is 10.6. The molecule has 5 heteroatoms. The molecule has 5 nitrogen and oxygen atoms in total. The van der Waals surface area contributed by atoms with Crippen molar-refractivity contribution in [2.45, 2.75) is 45.2 Å². The van der Waals surface area contributed by atoms with E-state index < -0.39 is 0 Å². The zero-order chi connectivity index (χ0) is 15.5. The minimum atomic E-state index is -0.117. The summed E-state index contributed by atoms with van der Waals surface area (Å²) in [6.07, 6.45) is 5.92. The number of rotatable bonds is 3. The summed E-state index contributed by atoms with van der Waals surface area (Å²) in [5, 5.41) is 7.81. The fraction of sp³-hybridized carbons (Fsp3) is 0.471. The standard InChI is InChI=1S/C17H21N3O2/c1-12-6-2-4-8-14(12)19-17(22)11-20-15-9-5-3-7-13(15)16(21)10-18-20/h3,5,7,9-10,12,14H,2,4,6,8,11H2,1H3,(H,19,22)/t12-,14+/m0/s1. The highest BCUT2D eigenvalue weighted by molar-refractivity contribution is 5.81. The molecule has 1 aliphatic carbocycles. The Hall–Kier alpha value is -2.17. The molecule has 1 heterocycles. The summed E-state index contributed by atoms with van der Waals surface area (Å²) < 4.78 is 1.60. The summed E-state index contributed by atoms with van der Waals surface area (Å²) in [5.41, 5.74) is 0.579. The van der Waals surface area contributed by atoms with Gasteiger partial charge < -0.3 is 5.32 Å². The molecule has 0 aliphatic heterocycles. The second-order valence-electron chi connectivity index (χ2n) is 6.12. The van der Waals surface area contributed by atoms with Crippen molar-refractivity contribution in [3.63, 3.8) is 0 Å². The van der Waals surface area contributed by atoms with Crippen molar-refractivity contribution >= 4 is 16.8 Å². The molecule has 1 aliphatic rings. The number of fused-ring (bicyclic) bond motifs is 1. The van der Waals surface area contributed by atoms with E-state index in [4.69, 9.17) is 0 Å². The molecule has 1 aromatic heterocycles. The number of amides is 1. The Labute approximate surface area is 129 Å². The van der Waals surface area contributed by atoms with Gasteiger partial charge in [0.2, 0.25) is 11.3 Å². The van der Waals surface area contributed by atoms with Gasteiger partial charge in [0, 0.05) is 11.4 Å². The molecule has 0 saturated heterocycles. The highest BCUT2D eigenvalue weighted by Gasteiger charge is 2.22. The number of carbonyl (C=O) groups excluding carboxylic acids is 1. The molecule has 2 aromatic rings.